The zero-order valence-electron chi connectivity index (χ0n) is 13.1. The summed E-state index contributed by atoms with van der Waals surface area (Å²) in [6, 6.07) is 8.07. The maximum Gasteiger partial charge on any atom is 0.338 e. The summed E-state index contributed by atoms with van der Waals surface area (Å²) in [4.78, 5) is 19.0. The molecule has 0 unspecified atom stereocenters. The van der Waals surface area contributed by atoms with Gasteiger partial charge in [-0.05, 0) is 31.7 Å². The number of hydrogen-bond acceptors (Lipinski definition) is 5. The Morgan fingerprint density at radius 2 is 1.91 bits per heavy atom. The van der Waals surface area contributed by atoms with E-state index in [1.54, 1.807) is 11.8 Å². The minimum Gasteiger partial charge on any atom is -0.466 e. The molecule has 0 fully saturated rings. The molecule has 1 aromatic carbocycles. The lowest BCUT2D eigenvalue weighted by Gasteiger charge is -2.35. The monoisotopic (exact) mass is 314 g/mol. The third-order valence-electron chi connectivity index (χ3n) is 3.90. The molecule has 4 nitrogen and oxygen atoms in total. The van der Waals surface area contributed by atoms with Crippen molar-refractivity contribution in [2.75, 3.05) is 7.11 Å². The molecule has 0 saturated heterocycles. The second-order valence-corrected chi connectivity index (χ2v) is 6.28. The number of aryl methyl sites for hydroxylation is 1. The van der Waals surface area contributed by atoms with Crippen LogP contribution >= 0.6 is 11.8 Å². The van der Waals surface area contributed by atoms with Crippen molar-refractivity contribution in [3.05, 3.63) is 57.8 Å². The molecule has 114 valence electrons. The second-order valence-electron chi connectivity index (χ2n) is 5.45. The first-order valence-corrected chi connectivity index (χ1v) is 7.98. The van der Waals surface area contributed by atoms with Crippen LogP contribution in [0.1, 0.15) is 31.0 Å². The maximum absolute atomic E-state index is 12.3. The average Bonchev–Trinajstić information content (AvgIpc) is 2.87. The van der Waals surface area contributed by atoms with Crippen LogP contribution in [0.4, 0.5) is 0 Å². The summed E-state index contributed by atoms with van der Waals surface area (Å²) in [6.07, 6.45) is 0. The van der Waals surface area contributed by atoms with E-state index < -0.39 is 0 Å². The van der Waals surface area contributed by atoms with Crippen molar-refractivity contribution in [1.29, 1.82) is 0 Å². The summed E-state index contributed by atoms with van der Waals surface area (Å²) < 4.78 is 5.00. The minimum absolute atomic E-state index is 0.188. The molecule has 0 spiro atoms. The van der Waals surface area contributed by atoms with Crippen LogP contribution in [-0.2, 0) is 9.53 Å². The molecule has 0 bridgehead atoms. The topological polar surface area (TPSA) is 41.9 Å². The van der Waals surface area contributed by atoms with Gasteiger partial charge in [-0.1, -0.05) is 41.6 Å². The number of allylic oxidation sites excluding steroid dienone is 2. The molecule has 0 saturated carbocycles. The number of benzene rings is 1. The van der Waals surface area contributed by atoms with Crippen LogP contribution in [0.2, 0.25) is 0 Å². The SMILES string of the molecule is COC(=O)C1=C(C)N=C2SC=C(C)N2[C@@H]1c1ccc(C)cc1. The van der Waals surface area contributed by atoms with E-state index in [0.29, 0.717) is 5.57 Å². The second kappa shape index (κ2) is 5.65. The van der Waals surface area contributed by atoms with Crippen LogP contribution < -0.4 is 0 Å². The Bertz CT molecular complexity index is 717. The molecule has 2 aliphatic heterocycles. The molecular formula is C17H18N2O2S. The maximum atomic E-state index is 12.3. The van der Waals surface area contributed by atoms with Gasteiger partial charge in [0.25, 0.3) is 0 Å². The molecule has 0 amide bonds. The van der Waals surface area contributed by atoms with Crippen molar-refractivity contribution in [3.63, 3.8) is 0 Å². The third-order valence-corrected chi connectivity index (χ3v) is 4.86. The molecule has 1 atom stereocenters. The van der Waals surface area contributed by atoms with Crippen molar-refractivity contribution < 1.29 is 9.53 Å². The molecular weight excluding hydrogens is 296 g/mol. The van der Waals surface area contributed by atoms with E-state index in [1.807, 2.05) is 13.8 Å². The summed E-state index contributed by atoms with van der Waals surface area (Å²) in [7, 11) is 1.41. The van der Waals surface area contributed by atoms with E-state index in [4.69, 9.17) is 4.74 Å². The van der Waals surface area contributed by atoms with Crippen molar-refractivity contribution in [2.24, 2.45) is 4.99 Å². The number of rotatable bonds is 2. The Morgan fingerprint density at radius 3 is 2.55 bits per heavy atom. The number of esters is 1. The summed E-state index contributed by atoms with van der Waals surface area (Å²) in [5.41, 5.74) is 4.66. The highest BCUT2D eigenvalue weighted by atomic mass is 32.2. The third kappa shape index (κ3) is 2.35. The van der Waals surface area contributed by atoms with Crippen LogP contribution in [0.25, 0.3) is 0 Å². The molecule has 3 rings (SSSR count). The molecule has 0 aromatic heterocycles. The van der Waals surface area contributed by atoms with E-state index >= 15 is 0 Å². The summed E-state index contributed by atoms with van der Waals surface area (Å²) in [5, 5.41) is 2.97. The van der Waals surface area contributed by atoms with Gasteiger partial charge in [-0.2, -0.15) is 0 Å². The van der Waals surface area contributed by atoms with Crippen molar-refractivity contribution >= 4 is 22.9 Å². The molecule has 0 aliphatic carbocycles. The smallest absolute Gasteiger partial charge is 0.338 e. The number of carbonyl (C=O) groups excluding carboxylic acids is 1. The van der Waals surface area contributed by atoms with Gasteiger partial charge in [-0.3, -0.25) is 0 Å². The van der Waals surface area contributed by atoms with Crippen LogP contribution in [0.5, 0.6) is 0 Å². The Hall–Kier alpha value is -2.01. The summed E-state index contributed by atoms with van der Waals surface area (Å²) >= 11 is 1.59. The highest BCUT2D eigenvalue weighted by molar-refractivity contribution is 8.16. The number of thioether (sulfide) groups is 1. The standard InChI is InChI=1S/C17H18N2O2S/c1-10-5-7-13(8-6-10)15-14(16(20)21-4)12(3)18-17-19(15)11(2)9-22-17/h5-9,15H,1-4H3/t15-/m1/s1. The van der Waals surface area contributed by atoms with Gasteiger partial charge in [0.1, 0.15) is 0 Å². The molecule has 2 aliphatic rings. The Kier molecular flexibility index (Phi) is 3.83. The van der Waals surface area contributed by atoms with Gasteiger partial charge in [0.15, 0.2) is 5.17 Å². The van der Waals surface area contributed by atoms with Gasteiger partial charge in [0.2, 0.25) is 0 Å². The van der Waals surface area contributed by atoms with E-state index in [-0.39, 0.29) is 12.0 Å². The van der Waals surface area contributed by atoms with Crippen molar-refractivity contribution in [1.82, 2.24) is 4.90 Å². The fourth-order valence-corrected chi connectivity index (χ4v) is 3.70. The van der Waals surface area contributed by atoms with Gasteiger partial charge in [-0.25, -0.2) is 9.79 Å². The quantitative estimate of drug-likeness (QED) is 0.779. The molecule has 0 N–H and O–H groups in total. The van der Waals surface area contributed by atoms with Gasteiger partial charge in [0, 0.05) is 5.70 Å². The molecule has 1 aromatic rings. The number of nitrogens with zero attached hydrogens (tertiary/aromatic N) is 2. The van der Waals surface area contributed by atoms with Crippen molar-refractivity contribution in [3.8, 4) is 0 Å². The van der Waals surface area contributed by atoms with Crippen molar-refractivity contribution in [2.45, 2.75) is 26.8 Å². The lowest BCUT2D eigenvalue weighted by atomic mass is 9.93. The average molecular weight is 314 g/mol. The first-order valence-electron chi connectivity index (χ1n) is 7.10. The fourth-order valence-electron chi connectivity index (χ4n) is 2.76. The number of amidine groups is 1. The van der Waals surface area contributed by atoms with Gasteiger partial charge in [0.05, 0.1) is 24.4 Å². The Balaban J connectivity index is 2.16. The predicted molar refractivity (Wildman–Crippen MR) is 89.3 cm³/mol. The van der Waals surface area contributed by atoms with E-state index in [1.165, 1.54) is 12.7 Å². The summed E-state index contributed by atoms with van der Waals surface area (Å²) in [6.45, 7) is 5.95. The predicted octanol–water partition coefficient (Wildman–Crippen LogP) is 3.76. The minimum atomic E-state index is -0.324. The van der Waals surface area contributed by atoms with Crippen LogP contribution in [0.3, 0.4) is 0 Å². The molecule has 22 heavy (non-hydrogen) atoms. The first-order chi connectivity index (χ1) is 10.5. The van der Waals surface area contributed by atoms with E-state index in [2.05, 4.69) is 46.5 Å². The fraction of sp³-hybridized carbons (Fsp3) is 0.294. The molecule has 2 heterocycles. The molecule has 0 radical (unpaired) electrons. The van der Waals surface area contributed by atoms with Crippen LogP contribution in [0, 0.1) is 6.92 Å². The summed E-state index contributed by atoms with van der Waals surface area (Å²) in [5.74, 6) is -0.324. The van der Waals surface area contributed by atoms with Gasteiger partial charge in [-0.15, -0.1) is 0 Å². The largest absolute Gasteiger partial charge is 0.466 e. The Morgan fingerprint density at radius 1 is 1.23 bits per heavy atom. The van der Waals surface area contributed by atoms with Crippen LogP contribution in [-0.4, -0.2) is 23.1 Å². The lowest BCUT2D eigenvalue weighted by Crippen LogP contribution is -2.35. The van der Waals surface area contributed by atoms with E-state index in [9.17, 15) is 4.79 Å². The first kappa shape index (κ1) is 14.9. The van der Waals surface area contributed by atoms with E-state index in [0.717, 1.165) is 22.1 Å². The number of fused-ring (bicyclic) bond motifs is 1. The number of aliphatic imine (C=N–C) groups is 1. The Labute approximate surface area is 134 Å². The highest BCUT2D eigenvalue weighted by Gasteiger charge is 2.39. The van der Waals surface area contributed by atoms with Gasteiger partial charge < -0.3 is 9.64 Å². The zero-order chi connectivity index (χ0) is 15.9. The normalized spacial score (nSPS) is 20.5. The number of methoxy groups -OCH3 is 1. The number of hydrogen-bond donors (Lipinski definition) is 0. The van der Waals surface area contributed by atoms with Crippen LogP contribution in [0.15, 0.2) is 51.6 Å². The molecule has 5 heteroatoms. The van der Waals surface area contributed by atoms with Gasteiger partial charge >= 0.3 is 5.97 Å². The number of ether oxygens (including phenoxy) is 1. The number of carbonyl (C=O) groups is 1. The zero-order valence-corrected chi connectivity index (χ0v) is 13.9. The lowest BCUT2D eigenvalue weighted by molar-refractivity contribution is -0.136. The highest BCUT2D eigenvalue weighted by Crippen LogP contribution is 2.43.